The second kappa shape index (κ2) is 15.7. The van der Waals surface area contributed by atoms with Crippen molar-refractivity contribution in [2.75, 3.05) is 27.5 Å². The lowest BCUT2D eigenvalue weighted by Gasteiger charge is -2.37. The maximum atomic E-state index is 13.3. The molecule has 13 nitrogen and oxygen atoms in total. The molecule has 4 atom stereocenters. The van der Waals surface area contributed by atoms with Gasteiger partial charge in [-0.05, 0) is 61.3 Å². The van der Waals surface area contributed by atoms with E-state index in [4.69, 9.17) is 9.72 Å². The fourth-order valence-electron chi connectivity index (χ4n) is 7.02. The molecule has 2 aromatic heterocycles. The Morgan fingerprint density at radius 3 is 2.18 bits per heavy atom. The van der Waals surface area contributed by atoms with E-state index >= 15 is 0 Å². The van der Waals surface area contributed by atoms with Crippen molar-refractivity contribution < 1.29 is 23.9 Å². The van der Waals surface area contributed by atoms with Crippen LogP contribution in [0, 0.1) is 0 Å². The molecule has 2 aliphatic rings. The van der Waals surface area contributed by atoms with Crippen LogP contribution in [0.3, 0.4) is 0 Å². The summed E-state index contributed by atoms with van der Waals surface area (Å²) in [7, 11) is 2.89. The molecule has 0 bridgehead atoms. The number of aromatic nitrogens is 4. The summed E-state index contributed by atoms with van der Waals surface area (Å²) in [4.78, 5) is 57.7. The SMILES string of the molecule is CCCN(Cc1ncc(-c2ccc(-c3ccc(-c4cnc([C@@H]5CC[C@@H]6CC[C@H](NCOC)C(=O)N65)[nH]4)cc3)cc2)[nH]1)C(=O)[C@H](C)NC(=O)OC. The number of amides is 3. The van der Waals surface area contributed by atoms with E-state index in [0.717, 1.165) is 71.6 Å². The van der Waals surface area contributed by atoms with Crippen molar-refractivity contribution >= 4 is 17.9 Å². The summed E-state index contributed by atoms with van der Waals surface area (Å²) in [6.45, 7) is 4.83. The van der Waals surface area contributed by atoms with Gasteiger partial charge in [0.25, 0.3) is 0 Å². The van der Waals surface area contributed by atoms with Gasteiger partial charge in [0, 0.05) is 19.7 Å². The van der Waals surface area contributed by atoms with Gasteiger partial charge in [-0.25, -0.2) is 14.8 Å². The maximum Gasteiger partial charge on any atom is 0.407 e. The standard InChI is InChI=1S/C37H46N8O5/c1-5-18-44(35(46)23(2)41-37(48)50-4)21-33-38-19-30(42-33)26-10-6-24(7-11-26)25-8-12-27(13-9-25)31-20-39-34(43-31)32-17-15-28-14-16-29(40-22-49-3)36(47)45(28)32/h6-13,19-20,23,28-29,32,40H,5,14-18,21-22H2,1-4H3,(H,38,42)(H,39,43)(H,41,48)/t23-,28-,29-,32-/m0/s1. The van der Waals surface area contributed by atoms with Crippen molar-refractivity contribution in [1.82, 2.24) is 40.4 Å². The van der Waals surface area contributed by atoms with Crippen molar-refractivity contribution in [3.05, 3.63) is 72.6 Å². The number of ether oxygens (including phenoxy) is 2. The molecule has 4 aromatic rings. The summed E-state index contributed by atoms with van der Waals surface area (Å²) in [5.41, 5.74) is 5.94. The zero-order valence-electron chi connectivity index (χ0n) is 29.1. The second-order valence-electron chi connectivity index (χ2n) is 13.0. The minimum atomic E-state index is -0.716. The molecule has 2 aliphatic heterocycles. The van der Waals surface area contributed by atoms with Crippen LogP contribution in [0.1, 0.15) is 63.6 Å². The molecule has 13 heteroatoms. The highest BCUT2D eigenvalue weighted by Crippen LogP contribution is 2.40. The van der Waals surface area contributed by atoms with E-state index in [0.29, 0.717) is 25.6 Å². The molecule has 2 saturated heterocycles. The van der Waals surface area contributed by atoms with Gasteiger partial charge in [-0.15, -0.1) is 0 Å². The first kappa shape index (κ1) is 34.8. The van der Waals surface area contributed by atoms with Gasteiger partial charge in [0.2, 0.25) is 11.8 Å². The van der Waals surface area contributed by atoms with Gasteiger partial charge in [-0.1, -0.05) is 55.5 Å². The number of alkyl carbamates (subject to hydrolysis) is 1. The number of aromatic amines is 2. The Balaban J connectivity index is 1.08. The number of hydrogen-bond acceptors (Lipinski definition) is 8. The number of piperidine rings is 1. The third-order valence-electron chi connectivity index (χ3n) is 9.62. The number of imidazole rings is 2. The number of nitrogens with zero attached hydrogens (tertiary/aromatic N) is 4. The molecule has 0 saturated carbocycles. The summed E-state index contributed by atoms with van der Waals surface area (Å²) in [5.74, 6) is 1.42. The van der Waals surface area contributed by atoms with Crippen molar-refractivity contribution in [3.63, 3.8) is 0 Å². The Hall–Kier alpha value is -5.01. The van der Waals surface area contributed by atoms with Crippen molar-refractivity contribution in [2.45, 2.75) is 76.7 Å². The van der Waals surface area contributed by atoms with Crippen LogP contribution in [0.25, 0.3) is 33.6 Å². The Morgan fingerprint density at radius 2 is 1.54 bits per heavy atom. The molecule has 0 unspecified atom stereocenters. The van der Waals surface area contributed by atoms with E-state index in [2.05, 4.69) is 66.7 Å². The van der Waals surface area contributed by atoms with E-state index in [9.17, 15) is 14.4 Å². The average Bonchev–Trinajstić information content (AvgIpc) is 3.92. The first-order valence-electron chi connectivity index (χ1n) is 17.3. The highest BCUT2D eigenvalue weighted by atomic mass is 16.5. The van der Waals surface area contributed by atoms with Crippen LogP contribution in [-0.4, -0.2) is 93.3 Å². The lowest BCUT2D eigenvalue weighted by Crippen LogP contribution is -2.53. The first-order valence-corrected chi connectivity index (χ1v) is 17.3. The van der Waals surface area contributed by atoms with Crippen molar-refractivity contribution in [2.24, 2.45) is 0 Å². The normalized spacial score (nSPS) is 19.2. The summed E-state index contributed by atoms with van der Waals surface area (Å²) < 4.78 is 9.77. The van der Waals surface area contributed by atoms with Crippen LogP contribution in [0.15, 0.2) is 60.9 Å². The second-order valence-corrected chi connectivity index (χ2v) is 13.0. The Bertz CT molecular complexity index is 1770. The van der Waals surface area contributed by atoms with E-state index in [1.54, 1.807) is 25.1 Å². The highest BCUT2D eigenvalue weighted by molar-refractivity contribution is 5.85. The van der Waals surface area contributed by atoms with Crippen LogP contribution < -0.4 is 10.6 Å². The quantitative estimate of drug-likeness (QED) is 0.144. The fraction of sp³-hybridized carbons (Fsp3) is 0.432. The van der Waals surface area contributed by atoms with Crippen molar-refractivity contribution in [3.8, 4) is 33.6 Å². The number of hydrogen-bond donors (Lipinski definition) is 4. The molecule has 6 rings (SSSR count). The first-order chi connectivity index (χ1) is 24.3. The lowest BCUT2D eigenvalue weighted by molar-refractivity contribution is -0.140. The summed E-state index contributed by atoms with van der Waals surface area (Å²) in [6, 6.07) is 15.9. The van der Waals surface area contributed by atoms with Crippen LogP contribution in [0.5, 0.6) is 0 Å². The van der Waals surface area contributed by atoms with Gasteiger partial charge < -0.3 is 34.6 Å². The van der Waals surface area contributed by atoms with Gasteiger partial charge in [0.15, 0.2) is 0 Å². The smallest absolute Gasteiger partial charge is 0.407 e. The molecule has 2 fully saturated rings. The molecule has 50 heavy (non-hydrogen) atoms. The van der Waals surface area contributed by atoms with Gasteiger partial charge in [0.05, 0.1) is 56.3 Å². The average molecular weight is 683 g/mol. The number of carbonyl (C=O) groups excluding carboxylic acids is 3. The van der Waals surface area contributed by atoms with Crippen LogP contribution in [0.2, 0.25) is 0 Å². The predicted octanol–water partition coefficient (Wildman–Crippen LogP) is 5.00. The summed E-state index contributed by atoms with van der Waals surface area (Å²) in [6.07, 6.45) is 7.47. The van der Waals surface area contributed by atoms with Crippen LogP contribution in [0.4, 0.5) is 4.79 Å². The number of nitrogens with one attached hydrogen (secondary N) is 4. The topological polar surface area (TPSA) is 158 Å². The Labute approximate surface area is 292 Å². The summed E-state index contributed by atoms with van der Waals surface area (Å²) >= 11 is 0. The third kappa shape index (κ3) is 7.58. The maximum absolute atomic E-state index is 13.3. The van der Waals surface area contributed by atoms with Crippen molar-refractivity contribution in [1.29, 1.82) is 0 Å². The molecule has 4 heterocycles. The van der Waals surface area contributed by atoms with Gasteiger partial charge in [-0.3, -0.25) is 14.9 Å². The summed E-state index contributed by atoms with van der Waals surface area (Å²) in [5, 5.41) is 5.75. The zero-order valence-corrected chi connectivity index (χ0v) is 29.1. The molecule has 0 spiro atoms. The number of fused-ring (bicyclic) bond motifs is 1. The van der Waals surface area contributed by atoms with Gasteiger partial charge in [-0.2, -0.15) is 0 Å². The molecular weight excluding hydrogens is 636 g/mol. The highest BCUT2D eigenvalue weighted by Gasteiger charge is 2.44. The molecular formula is C37H46N8O5. The van der Waals surface area contributed by atoms with Gasteiger partial charge >= 0.3 is 6.09 Å². The molecule has 2 aromatic carbocycles. The predicted molar refractivity (Wildman–Crippen MR) is 188 cm³/mol. The third-order valence-corrected chi connectivity index (χ3v) is 9.62. The molecule has 3 amide bonds. The van der Waals surface area contributed by atoms with E-state index in [-0.39, 0.29) is 29.9 Å². The number of benzene rings is 2. The monoisotopic (exact) mass is 682 g/mol. The van der Waals surface area contributed by atoms with E-state index in [1.807, 2.05) is 30.2 Å². The van der Waals surface area contributed by atoms with Crippen LogP contribution in [-0.2, 0) is 25.6 Å². The van der Waals surface area contributed by atoms with E-state index < -0.39 is 12.1 Å². The van der Waals surface area contributed by atoms with E-state index in [1.165, 1.54) is 7.11 Å². The largest absolute Gasteiger partial charge is 0.453 e. The van der Waals surface area contributed by atoms with Crippen LogP contribution >= 0.6 is 0 Å². The molecule has 264 valence electrons. The Kier molecular flexibility index (Phi) is 10.9. The minimum Gasteiger partial charge on any atom is -0.453 e. The Morgan fingerprint density at radius 1 is 0.920 bits per heavy atom. The zero-order chi connectivity index (χ0) is 35.2. The lowest BCUT2D eigenvalue weighted by atomic mass is 9.98. The molecule has 0 aliphatic carbocycles. The fourth-order valence-corrected chi connectivity index (χ4v) is 7.02. The van der Waals surface area contributed by atoms with Gasteiger partial charge in [0.1, 0.15) is 17.7 Å². The minimum absolute atomic E-state index is 0.0473. The number of methoxy groups -OCH3 is 2. The number of carbonyl (C=O) groups is 3. The number of rotatable bonds is 13. The number of H-pyrrole nitrogens is 2. The molecule has 0 radical (unpaired) electrons. The molecule has 4 N–H and O–H groups in total.